The van der Waals surface area contributed by atoms with E-state index in [1.807, 2.05) is 91.0 Å². The molecule has 0 spiro atoms. The molecule has 4 rings (SSSR count). The summed E-state index contributed by atoms with van der Waals surface area (Å²) in [4.78, 5) is 37.3. The molecule has 0 saturated heterocycles. The Balaban J connectivity index is 1.65. The number of amides is 1. The number of nitrogens with zero attached hydrogens (tertiary/aromatic N) is 1. The summed E-state index contributed by atoms with van der Waals surface area (Å²) >= 11 is 0. The molecule has 0 aliphatic carbocycles. The first kappa shape index (κ1) is 33.2. The SMILES string of the molecule is CC(C)c1c(C(=O)Nc2ccccc2)c(-c2ccccc2)c(-c2ccccc2)n1CCCOC(=O)CC(O)CC(O)CC(=O)O. The Morgan fingerprint density at radius 1 is 0.800 bits per heavy atom. The minimum Gasteiger partial charge on any atom is -0.481 e. The third-order valence-electron chi connectivity index (χ3n) is 7.36. The van der Waals surface area contributed by atoms with Crippen molar-refractivity contribution in [3.63, 3.8) is 0 Å². The lowest BCUT2D eigenvalue weighted by molar-refractivity contribution is -0.146. The number of ether oxygens (including phenoxy) is 1. The molecule has 0 fully saturated rings. The molecule has 3 aromatic carbocycles. The topological polar surface area (TPSA) is 138 Å². The molecule has 0 bridgehead atoms. The number of aromatic nitrogens is 1. The highest BCUT2D eigenvalue weighted by atomic mass is 16.5. The van der Waals surface area contributed by atoms with Gasteiger partial charge in [-0.1, -0.05) is 92.7 Å². The molecule has 4 aromatic rings. The Hall–Kier alpha value is -4.73. The molecule has 9 heteroatoms. The second kappa shape index (κ2) is 15.8. The number of aliphatic hydroxyl groups excluding tert-OH is 2. The van der Waals surface area contributed by atoms with Crippen LogP contribution in [0.25, 0.3) is 22.4 Å². The van der Waals surface area contributed by atoms with Gasteiger partial charge in [-0.2, -0.15) is 0 Å². The number of aliphatic hydroxyl groups is 2. The molecule has 45 heavy (non-hydrogen) atoms. The molecule has 2 unspecified atom stereocenters. The van der Waals surface area contributed by atoms with Crippen molar-refractivity contribution < 1.29 is 34.4 Å². The minimum atomic E-state index is -1.25. The number of carbonyl (C=O) groups is 3. The van der Waals surface area contributed by atoms with Gasteiger partial charge in [0.05, 0.1) is 42.9 Å². The first-order valence-corrected chi connectivity index (χ1v) is 15.1. The van der Waals surface area contributed by atoms with Gasteiger partial charge < -0.3 is 29.9 Å². The predicted molar refractivity (Wildman–Crippen MR) is 173 cm³/mol. The van der Waals surface area contributed by atoms with Crippen LogP contribution in [-0.2, 0) is 20.9 Å². The second-order valence-electron chi connectivity index (χ2n) is 11.3. The van der Waals surface area contributed by atoms with Crippen molar-refractivity contribution in [2.24, 2.45) is 0 Å². The molecule has 4 N–H and O–H groups in total. The Morgan fingerprint density at radius 3 is 1.93 bits per heavy atom. The van der Waals surface area contributed by atoms with E-state index in [1.54, 1.807) is 0 Å². The summed E-state index contributed by atoms with van der Waals surface area (Å²) in [6.45, 7) is 4.62. The molecule has 9 nitrogen and oxygen atoms in total. The van der Waals surface area contributed by atoms with E-state index >= 15 is 0 Å². The summed E-state index contributed by atoms with van der Waals surface area (Å²) in [7, 11) is 0. The van der Waals surface area contributed by atoms with E-state index < -0.39 is 30.6 Å². The highest BCUT2D eigenvalue weighted by molar-refractivity contribution is 6.12. The highest BCUT2D eigenvalue weighted by Crippen LogP contribution is 2.42. The average molecular weight is 613 g/mol. The van der Waals surface area contributed by atoms with Crippen LogP contribution in [0.5, 0.6) is 0 Å². The standard InChI is InChI=1S/C36H40N2O7/c1-24(2)34-33(36(44)37-27-17-10-5-11-18-27)32(25-13-6-3-7-14-25)35(26-15-8-4-9-16-26)38(34)19-12-20-45-31(43)23-29(40)21-28(39)22-30(41)42/h3-11,13-18,24,28-29,39-40H,12,19-23H2,1-2H3,(H,37,44)(H,41,42). The second-order valence-corrected chi connectivity index (χ2v) is 11.3. The van der Waals surface area contributed by atoms with Gasteiger partial charge in [0, 0.05) is 29.9 Å². The summed E-state index contributed by atoms with van der Waals surface area (Å²) in [6.07, 6.45) is -3.13. The molecule has 1 aromatic heterocycles. The number of carbonyl (C=O) groups excluding carboxylic acids is 2. The first-order valence-electron chi connectivity index (χ1n) is 15.1. The summed E-state index contributed by atoms with van der Waals surface area (Å²) in [6, 6.07) is 29.1. The molecule has 1 amide bonds. The van der Waals surface area contributed by atoms with Crippen LogP contribution in [0.15, 0.2) is 91.0 Å². The maximum absolute atomic E-state index is 14.1. The lowest BCUT2D eigenvalue weighted by Gasteiger charge is -2.18. The van der Waals surface area contributed by atoms with Crippen LogP contribution >= 0.6 is 0 Å². The average Bonchev–Trinajstić information content (AvgIpc) is 3.35. The van der Waals surface area contributed by atoms with Gasteiger partial charge in [0.15, 0.2) is 0 Å². The van der Waals surface area contributed by atoms with Gasteiger partial charge in [-0.05, 0) is 35.6 Å². The van der Waals surface area contributed by atoms with E-state index in [0.717, 1.165) is 28.1 Å². The van der Waals surface area contributed by atoms with Gasteiger partial charge >= 0.3 is 11.9 Å². The van der Waals surface area contributed by atoms with E-state index in [0.29, 0.717) is 24.2 Å². The monoisotopic (exact) mass is 612 g/mol. The summed E-state index contributed by atoms with van der Waals surface area (Å²) in [5.74, 6) is -2.08. The number of hydrogen-bond donors (Lipinski definition) is 4. The molecular weight excluding hydrogens is 572 g/mol. The molecule has 236 valence electrons. The number of anilines is 1. The Morgan fingerprint density at radius 2 is 1.36 bits per heavy atom. The van der Waals surface area contributed by atoms with E-state index in [4.69, 9.17) is 9.84 Å². The third kappa shape index (κ3) is 8.90. The van der Waals surface area contributed by atoms with Crippen LogP contribution in [0.4, 0.5) is 5.69 Å². The van der Waals surface area contributed by atoms with Gasteiger partial charge in [0.1, 0.15) is 0 Å². The van der Waals surface area contributed by atoms with E-state index in [9.17, 15) is 24.6 Å². The fourth-order valence-corrected chi connectivity index (χ4v) is 5.54. The minimum absolute atomic E-state index is 0.0311. The molecule has 0 radical (unpaired) electrons. The number of nitrogens with one attached hydrogen (secondary N) is 1. The van der Waals surface area contributed by atoms with Gasteiger partial charge in [-0.3, -0.25) is 14.4 Å². The van der Waals surface area contributed by atoms with Crippen LogP contribution < -0.4 is 5.32 Å². The number of carboxylic acids is 1. The number of benzene rings is 3. The summed E-state index contributed by atoms with van der Waals surface area (Å²) in [5.41, 5.74) is 5.68. The Kier molecular flexibility index (Phi) is 11.7. The maximum atomic E-state index is 14.1. The normalized spacial score (nSPS) is 12.5. The van der Waals surface area contributed by atoms with Crippen molar-refractivity contribution in [3.8, 4) is 22.4 Å². The third-order valence-corrected chi connectivity index (χ3v) is 7.36. The zero-order chi connectivity index (χ0) is 32.3. The Labute approximate surface area is 263 Å². The quantitative estimate of drug-likeness (QED) is 0.0939. The van der Waals surface area contributed by atoms with Gasteiger partial charge in [-0.25, -0.2) is 0 Å². The van der Waals surface area contributed by atoms with E-state index in [2.05, 4.69) is 23.7 Å². The Bertz CT molecular complexity index is 1570. The van der Waals surface area contributed by atoms with Crippen molar-refractivity contribution >= 4 is 23.5 Å². The maximum Gasteiger partial charge on any atom is 0.308 e. The van der Waals surface area contributed by atoms with Gasteiger partial charge in [0.25, 0.3) is 5.91 Å². The van der Waals surface area contributed by atoms with Crippen molar-refractivity contribution in [1.82, 2.24) is 4.57 Å². The largest absolute Gasteiger partial charge is 0.481 e. The van der Waals surface area contributed by atoms with Crippen molar-refractivity contribution in [1.29, 1.82) is 0 Å². The molecule has 0 saturated carbocycles. The fourth-order valence-electron chi connectivity index (χ4n) is 5.54. The van der Waals surface area contributed by atoms with Crippen molar-refractivity contribution in [2.45, 2.75) is 64.2 Å². The number of aliphatic carboxylic acids is 1. The molecule has 0 aliphatic heterocycles. The number of rotatable bonds is 15. The van der Waals surface area contributed by atoms with Crippen LogP contribution in [0.2, 0.25) is 0 Å². The van der Waals surface area contributed by atoms with Crippen molar-refractivity contribution in [2.75, 3.05) is 11.9 Å². The fraction of sp³-hybridized carbons (Fsp3) is 0.306. The van der Waals surface area contributed by atoms with Crippen molar-refractivity contribution in [3.05, 3.63) is 102 Å². The van der Waals surface area contributed by atoms with Gasteiger partial charge in [0.2, 0.25) is 0 Å². The predicted octanol–water partition coefficient (Wildman–Crippen LogP) is 6.11. The summed E-state index contributed by atoms with van der Waals surface area (Å²) in [5, 5.41) is 31.7. The number of carboxylic acid groups (broad SMARTS) is 1. The zero-order valence-corrected chi connectivity index (χ0v) is 25.6. The lowest BCUT2D eigenvalue weighted by atomic mass is 9.94. The zero-order valence-electron chi connectivity index (χ0n) is 25.6. The molecule has 2 atom stereocenters. The van der Waals surface area contributed by atoms with Crippen LogP contribution in [0.1, 0.15) is 61.5 Å². The van der Waals surface area contributed by atoms with Crippen LogP contribution in [-0.4, -0.2) is 56.5 Å². The first-order chi connectivity index (χ1) is 21.7. The van der Waals surface area contributed by atoms with E-state index in [-0.39, 0.29) is 31.3 Å². The number of esters is 1. The molecular formula is C36H40N2O7. The number of para-hydroxylation sites is 1. The number of hydrogen-bond acceptors (Lipinski definition) is 6. The molecule has 0 aliphatic rings. The highest BCUT2D eigenvalue weighted by Gasteiger charge is 2.30. The van der Waals surface area contributed by atoms with Crippen LogP contribution in [0.3, 0.4) is 0 Å². The lowest BCUT2D eigenvalue weighted by Crippen LogP contribution is -2.24. The van der Waals surface area contributed by atoms with Gasteiger partial charge in [-0.15, -0.1) is 0 Å². The smallest absolute Gasteiger partial charge is 0.308 e. The summed E-state index contributed by atoms with van der Waals surface area (Å²) < 4.78 is 7.55. The molecule has 1 heterocycles. The van der Waals surface area contributed by atoms with Crippen LogP contribution in [0, 0.1) is 0 Å². The van der Waals surface area contributed by atoms with E-state index in [1.165, 1.54) is 0 Å².